The van der Waals surface area contributed by atoms with Crippen molar-refractivity contribution in [2.75, 3.05) is 13.1 Å². The number of carbonyl (C=O) groups excluding carboxylic acids is 1. The standard InChI is InChI=1S/C5H9NO.C4H10O.V/c7-5-1-3-6-4-2-5;1-4(2,3)5;/h6H,1-4H2;5H,1-3H3;. The Morgan fingerprint density at radius 2 is 1.54 bits per heavy atom. The zero-order valence-electron chi connectivity index (χ0n) is 8.63. The first-order valence-corrected chi connectivity index (χ1v) is 4.34. The van der Waals surface area contributed by atoms with Crippen LogP contribution in [0, 0.1) is 0 Å². The largest absolute Gasteiger partial charge is 0.391 e. The van der Waals surface area contributed by atoms with Gasteiger partial charge in [0.2, 0.25) is 0 Å². The fourth-order valence-electron chi connectivity index (χ4n) is 0.706. The van der Waals surface area contributed by atoms with Gasteiger partial charge in [0, 0.05) is 44.5 Å². The first kappa shape index (κ1) is 15.6. The SMILES string of the molecule is CC(C)(C)O.O=C1CCNCC1.[V]. The monoisotopic (exact) mass is 224 g/mol. The Bertz CT molecular complexity index is 129. The van der Waals surface area contributed by atoms with Gasteiger partial charge in [-0.1, -0.05) is 0 Å². The summed E-state index contributed by atoms with van der Waals surface area (Å²) in [4.78, 5) is 10.4. The van der Waals surface area contributed by atoms with Gasteiger partial charge in [-0.25, -0.2) is 0 Å². The number of rotatable bonds is 0. The van der Waals surface area contributed by atoms with E-state index in [1.54, 1.807) is 20.8 Å². The zero-order valence-corrected chi connectivity index (χ0v) is 10.0. The van der Waals surface area contributed by atoms with Crippen molar-refractivity contribution in [3.05, 3.63) is 0 Å². The summed E-state index contributed by atoms with van der Waals surface area (Å²) < 4.78 is 0. The molecule has 0 aromatic carbocycles. The average molecular weight is 224 g/mol. The van der Waals surface area contributed by atoms with Crippen LogP contribution in [0.4, 0.5) is 0 Å². The topological polar surface area (TPSA) is 49.3 Å². The number of aliphatic hydroxyl groups is 1. The summed E-state index contributed by atoms with van der Waals surface area (Å²) in [6.07, 6.45) is 1.47. The van der Waals surface area contributed by atoms with Gasteiger partial charge in [0.05, 0.1) is 5.60 Å². The van der Waals surface area contributed by atoms with Crippen LogP contribution in [0.25, 0.3) is 0 Å². The van der Waals surface area contributed by atoms with E-state index in [0.29, 0.717) is 5.78 Å². The Morgan fingerprint density at radius 3 is 1.69 bits per heavy atom. The van der Waals surface area contributed by atoms with E-state index in [0.717, 1.165) is 25.9 Å². The van der Waals surface area contributed by atoms with Gasteiger partial charge in [-0.05, 0) is 20.8 Å². The van der Waals surface area contributed by atoms with Crippen LogP contribution in [0.5, 0.6) is 0 Å². The number of piperidine rings is 1. The molecule has 3 nitrogen and oxygen atoms in total. The molecule has 0 saturated carbocycles. The Kier molecular flexibility index (Phi) is 9.10. The van der Waals surface area contributed by atoms with Crippen LogP contribution in [-0.2, 0) is 23.4 Å². The molecule has 0 spiro atoms. The van der Waals surface area contributed by atoms with Crippen LogP contribution in [0.2, 0.25) is 0 Å². The van der Waals surface area contributed by atoms with Crippen LogP contribution in [0.1, 0.15) is 33.6 Å². The van der Waals surface area contributed by atoms with Crippen molar-refractivity contribution < 1.29 is 28.5 Å². The number of hydrogen-bond donors (Lipinski definition) is 2. The van der Waals surface area contributed by atoms with Crippen LogP contribution in [-0.4, -0.2) is 29.6 Å². The number of ketones is 1. The molecule has 0 unspecified atom stereocenters. The summed E-state index contributed by atoms with van der Waals surface area (Å²) >= 11 is 0. The van der Waals surface area contributed by atoms with Crippen molar-refractivity contribution in [1.82, 2.24) is 5.32 Å². The van der Waals surface area contributed by atoms with Crippen molar-refractivity contribution in [1.29, 1.82) is 0 Å². The third kappa shape index (κ3) is 18.9. The van der Waals surface area contributed by atoms with Gasteiger partial charge in [0.1, 0.15) is 5.78 Å². The molecule has 2 N–H and O–H groups in total. The molecule has 1 aliphatic rings. The van der Waals surface area contributed by atoms with Gasteiger partial charge >= 0.3 is 0 Å². The number of hydrogen-bond acceptors (Lipinski definition) is 3. The molecule has 1 rings (SSSR count). The molecule has 0 aliphatic carbocycles. The van der Waals surface area contributed by atoms with E-state index in [9.17, 15) is 4.79 Å². The average Bonchev–Trinajstić information content (AvgIpc) is 1.85. The summed E-state index contributed by atoms with van der Waals surface area (Å²) in [6.45, 7) is 7.00. The van der Waals surface area contributed by atoms with E-state index in [2.05, 4.69) is 5.32 Å². The zero-order chi connectivity index (χ0) is 9.61. The van der Waals surface area contributed by atoms with Crippen molar-refractivity contribution in [3.63, 3.8) is 0 Å². The molecular weight excluding hydrogens is 205 g/mol. The molecular formula is C9H19NO2V. The molecule has 1 saturated heterocycles. The molecule has 0 atom stereocenters. The fraction of sp³-hybridized carbons (Fsp3) is 0.889. The quantitative estimate of drug-likeness (QED) is 0.637. The number of Topliss-reactive ketones (excluding diaryl/α,β-unsaturated/α-hetero) is 1. The summed E-state index contributed by atoms with van der Waals surface area (Å²) in [5, 5.41) is 11.6. The maximum Gasteiger partial charge on any atom is 0.135 e. The van der Waals surface area contributed by atoms with Crippen LogP contribution >= 0.6 is 0 Å². The molecule has 1 aliphatic heterocycles. The molecule has 13 heavy (non-hydrogen) atoms. The maximum absolute atomic E-state index is 10.4. The van der Waals surface area contributed by atoms with Crippen LogP contribution in [0.3, 0.4) is 0 Å². The molecule has 0 bridgehead atoms. The smallest absolute Gasteiger partial charge is 0.135 e. The number of nitrogens with one attached hydrogen (secondary N) is 1. The third-order valence-corrected chi connectivity index (χ3v) is 1.16. The van der Waals surface area contributed by atoms with Gasteiger partial charge in [-0.2, -0.15) is 0 Å². The van der Waals surface area contributed by atoms with Gasteiger partial charge in [0.15, 0.2) is 0 Å². The van der Waals surface area contributed by atoms with Gasteiger partial charge < -0.3 is 10.4 Å². The van der Waals surface area contributed by atoms with E-state index in [1.165, 1.54) is 0 Å². The van der Waals surface area contributed by atoms with Gasteiger partial charge in [-0.15, -0.1) is 0 Å². The minimum atomic E-state index is -0.500. The minimum Gasteiger partial charge on any atom is -0.391 e. The molecule has 1 fully saturated rings. The molecule has 0 amide bonds. The summed E-state index contributed by atoms with van der Waals surface area (Å²) in [5.74, 6) is 0.402. The first-order chi connectivity index (χ1) is 5.39. The van der Waals surface area contributed by atoms with Crippen LogP contribution < -0.4 is 5.32 Å². The Labute approximate surface area is 92.2 Å². The molecule has 4 heteroatoms. The maximum atomic E-state index is 10.4. The van der Waals surface area contributed by atoms with Crippen LogP contribution in [0.15, 0.2) is 0 Å². The summed E-state index contributed by atoms with van der Waals surface area (Å²) in [6, 6.07) is 0. The predicted octanol–water partition coefficient (Wildman–Crippen LogP) is 0.714. The summed E-state index contributed by atoms with van der Waals surface area (Å²) in [7, 11) is 0. The van der Waals surface area contributed by atoms with E-state index in [-0.39, 0.29) is 18.6 Å². The second kappa shape index (κ2) is 7.57. The number of carbonyl (C=O) groups is 1. The predicted molar refractivity (Wildman–Crippen MR) is 49.1 cm³/mol. The fourth-order valence-corrected chi connectivity index (χ4v) is 0.706. The van der Waals surface area contributed by atoms with Crippen molar-refractivity contribution in [2.45, 2.75) is 39.2 Å². The van der Waals surface area contributed by atoms with E-state index in [1.807, 2.05) is 0 Å². The second-order valence-electron chi connectivity index (χ2n) is 3.96. The summed E-state index contributed by atoms with van der Waals surface area (Å²) in [5.41, 5.74) is -0.500. The molecule has 1 heterocycles. The van der Waals surface area contributed by atoms with Crippen molar-refractivity contribution >= 4 is 5.78 Å². The van der Waals surface area contributed by atoms with E-state index in [4.69, 9.17) is 5.11 Å². The molecule has 0 aromatic heterocycles. The second-order valence-corrected chi connectivity index (χ2v) is 3.96. The normalized spacial score (nSPS) is 16.8. The first-order valence-electron chi connectivity index (χ1n) is 4.34. The molecule has 0 aromatic rings. The van der Waals surface area contributed by atoms with Gasteiger partial charge in [0.25, 0.3) is 0 Å². The Balaban J connectivity index is 0. The van der Waals surface area contributed by atoms with E-state index >= 15 is 0 Å². The van der Waals surface area contributed by atoms with Crippen molar-refractivity contribution in [2.24, 2.45) is 0 Å². The molecule has 77 valence electrons. The molecule has 1 radical (unpaired) electrons. The third-order valence-electron chi connectivity index (χ3n) is 1.16. The Morgan fingerprint density at radius 1 is 1.23 bits per heavy atom. The van der Waals surface area contributed by atoms with Crippen molar-refractivity contribution in [3.8, 4) is 0 Å². The van der Waals surface area contributed by atoms with E-state index < -0.39 is 5.60 Å². The minimum absolute atomic E-state index is 0. The Hall–Kier alpha value is 0.174. The van der Waals surface area contributed by atoms with Gasteiger partial charge in [-0.3, -0.25) is 4.79 Å².